The zero-order chi connectivity index (χ0) is 17.2. The van der Waals surface area contributed by atoms with Gasteiger partial charge in [0, 0.05) is 16.5 Å². The van der Waals surface area contributed by atoms with E-state index in [1.807, 2.05) is 26.8 Å². The number of carbonyl (C=O) groups excluding carboxylic acids is 2. The van der Waals surface area contributed by atoms with Crippen LogP contribution in [0.3, 0.4) is 0 Å². The molecule has 1 aromatic carbocycles. The Balaban J connectivity index is 0.000000433. The van der Waals surface area contributed by atoms with Gasteiger partial charge < -0.3 is 15.3 Å². The van der Waals surface area contributed by atoms with E-state index >= 15 is 0 Å². The molecule has 0 atom stereocenters. The Hall–Kier alpha value is -1.56. The number of hydrogen-bond acceptors (Lipinski definition) is 5. The van der Waals surface area contributed by atoms with Crippen LogP contribution in [0.15, 0.2) is 18.2 Å². The summed E-state index contributed by atoms with van der Waals surface area (Å²) in [6.45, 7) is 5.39. The second-order valence-corrected chi connectivity index (χ2v) is 5.61. The molecular formula is C17H26O5. The lowest BCUT2D eigenvalue weighted by molar-refractivity contribution is 0.00304. The van der Waals surface area contributed by atoms with Crippen LogP contribution in [0.4, 0.5) is 0 Å². The van der Waals surface area contributed by atoms with E-state index in [-0.39, 0.29) is 19.8 Å². The summed E-state index contributed by atoms with van der Waals surface area (Å²) in [5.41, 5.74) is 1.48. The molecule has 0 aliphatic carbocycles. The lowest BCUT2D eigenvalue weighted by atomic mass is 9.88. The van der Waals surface area contributed by atoms with Crippen molar-refractivity contribution < 1.29 is 24.9 Å². The molecule has 1 aromatic rings. The van der Waals surface area contributed by atoms with Crippen molar-refractivity contribution in [3.05, 3.63) is 34.9 Å². The first-order valence-electron chi connectivity index (χ1n) is 7.30. The smallest absolute Gasteiger partial charge is 0.150 e. The minimum Gasteiger partial charge on any atom is -0.396 e. The highest BCUT2D eigenvalue weighted by Gasteiger charge is 2.24. The van der Waals surface area contributed by atoms with Gasteiger partial charge in [0.05, 0.1) is 19.8 Å². The number of aliphatic hydroxyl groups is 3. The van der Waals surface area contributed by atoms with Gasteiger partial charge >= 0.3 is 0 Å². The van der Waals surface area contributed by atoms with Crippen molar-refractivity contribution in [2.24, 2.45) is 5.41 Å². The topological polar surface area (TPSA) is 94.8 Å². The highest BCUT2D eigenvalue weighted by molar-refractivity contribution is 5.83. The maximum atomic E-state index is 10.7. The maximum absolute atomic E-state index is 10.7. The Bertz CT molecular complexity index is 447. The zero-order valence-corrected chi connectivity index (χ0v) is 13.5. The summed E-state index contributed by atoms with van der Waals surface area (Å²) in [6.07, 6.45) is 2.13. The fourth-order valence-electron chi connectivity index (χ4n) is 1.78. The molecule has 0 amide bonds. The Morgan fingerprint density at radius 1 is 1.05 bits per heavy atom. The monoisotopic (exact) mass is 310 g/mol. The Kier molecular flexibility index (Phi) is 9.49. The summed E-state index contributed by atoms with van der Waals surface area (Å²) in [6, 6.07) is 5.18. The van der Waals surface area contributed by atoms with Gasteiger partial charge in [0.25, 0.3) is 0 Å². The summed E-state index contributed by atoms with van der Waals surface area (Å²) in [7, 11) is 0. The van der Waals surface area contributed by atoms with E-state index in [0.29, 0.717) is 23.5 Å². The van der Waals surface area contributed by atoms with Crippen molar-refractivity contribution in [2.75, 3.05) is 19.8 Å². The first-order chi connectivity index (χ1) is 10.4. The molecule has 0 aliphatic rings. The Morgan fingerprint density at radius 3 is 1.86 bits per heavy atom. The highest BCUT2D eigenvalue weighted by atomic mass is 16.3. The second kappa shape index (κ2) is 10.2. The summed E-state index contributed by atoms with van der Waals surface area (Å²) in [5.74, 6) is 0.306. The summed E-state index contributed by atoms with van der Waals surface area (Å²) < 4.78 is 0. The normalized spacial score (nSPS) is 10.9. The predicted molar refractivity (Wildman–Crippen MR) is 85.3 cm³/mol. The molecule has 0 aliphatic heterocycles. The third-order valence-corrected chi connectivity index (χ3v) is 3.75. The number of aldehydes is 2. The average Bonchev–Trinajstić information content (AvgIpc) is 2.57. The average molecular weight is 310 g/mol. The first kappa shape index (κ1) is 20.4. The molecule has 3 N–H and O–H groups in total. The number of carbonyl (C=O) groups is 2. The number of aliphatic hydroxyl groups excluding tert-OH is 3. The lowest BCUT2D eigenvalue weighted by Crippen LogP contribution is -2.32. The first-order valence-corrected chi connectivity index (χ1v) is 7.30. The van der Waals surface area contributed by atoms with Crippen LogP contribution in [-0.2, 0) is 0 Å². The number of rotatable bonds is 7. The van der Waals surface area contributed by atoms with Crippen molar-refractivity contribution in [3.63, 3.8) is 0 Å². The van der Waals surface area contributed by atoms with E-state index in [4.69, 9.17) is 15.3 Å². The lowest BCUT2D eigenvalue weighted by Gasteiger charge is -2.24. The van der Waals surface area contributed by atoms with Gasteiger partial charge in [-0.05, 0) is 24.0 Å². The van der Waals surface area contributed by atoms with Crippen LogP contribution in [0.5, 0.6) is 0 Å². The second-order valence-electron chi connectivity index (χ2n) is 5.61. The molecule has 0 fully saturated rings. The fourth-order valence-corrected chi connectivity index (χ4v) is 1.78. The van der Waals surface area contributed by atoms with Gasteiger partial charge in [-0.25, -0.2) is 0 Å². The molecule has 0 heterocycles. The quantitative estimate of drug-likeness (QED) is 0.667. The van der Waals surface area contributed by atoms with E-state index in [1.165, 1.54) is 0 Å². The standard InChI is InChI=1S/C11H12O2.C6H14O3/c1-8(2)11-4-3-9(6-12)5-10(11)7-13;1-2-6(3-7,4-8)5-9/h3-8H,1-2H3;7-9H,2-5H2,1H3. The van der Waals surface area contributed by atoms with Crippen molar-refractivity contribution in [3.8, 4) is 0 Å². The van der Waals surface area contributed by atoms with Crippen molar-refractivity contribution >= 4 is 12.6 Å². The van der Waals surface area contributed by atoms with Gasteiger partial charge in [-0.2, -0.15) is 0 Å². The van der Waals surface area contributed by atoms with Crippen LogP contribution in [0.2, 0.25) is 0 Å². The van der Waals surface area contributed by atoms with Crippen molar-refractivity contribution in [2.45, 2.75) is 33.1 Å². The van der Waals surface area contributed by atoms with Gasteiger partial charge in [0.1, 0.15) is 12.6 Å². The Morgan fingerprint density at radius 2 is 1.59 bits per heavy atom. The molecule has 1 rings (SSSR count). The molecule has 0 spiro atoms. The molecule has 5 nitrogen and oxygen atoms in total. The minimum atomic E-state index is -0.667. The van der Waals surface area contributed by atoms with Crippen LogP contribution in [-0.4, -0.2) is 47.7 Å². The molecule has 0 aromatic heterocycles. The van der Waals surface area contributed by atoms with Gasteiger partial charge in [0.2, 0.25) is 0 Å². The van der Waals surface area contributed by atoms with E-state index in [2.05, 4.69) is 0 Å². The maximum Gasteiger partial charge on any atom is 0.150 e. The Labute approximate surface area is 131 Å². The number of benzene rings is 1. The molecule has 22 heavy (non-hydrogen) atoms. The molecular weight excluding hydrogens is 284 g/mol. The third-order valence-electron chi connectivity index (χ3n) is 3.75. The minimum absolute atomic E-state index is 0.156. The molecule has 124 valence electrons. The third kappa shape index (κ3) is 5.67. The fraction of sp³-hybridized carbons (Fsp3) is 0.529. The van der Waals surface area contributed by atoms with E-state index in [9.17, 15) is 9.59 Å². The molecule has 0 bridgehead atoms. The van der Waals surface area contributed by atoms with Gasteiger partial charge in [0.15, 0.2) is 0 Å². The summed E-state index contributed by atoms with van der Waals surface area (Å²) >= 11 is 0. The zero-order valence-electron chi connectivity index (χ0n) is 13.5. The van der Waals surface area contributed by atoms with Crippen LogP contribution < -0.4 is 0 Å². The highest BCUT2D eigenvalue weighted by Crippen LogP contribution is 2.19. The van der Waals surface area contributed by atoms with Crippen molar-refractivity contribution in [1.82, 2.24) is 0 Å². The van der Waals surface area contributed by atoms with Gasteiger partial charge in [-0.15, -0.1) is 0 Å². The summed E-state index contributed by atoms with van der Waals surface area (Å²) in [5, 5.41) is 26.0. The van der Waals surface area contributed by atoms with Gasteiger partial charge in [-0.3, -0.25) is 9.59 Å². The molecule has 0 saturated heterocycles. The molecule has 0 radical (unpaired) electrons. The summed E-state index contributed by atoms with van der Waals surface area (Å²) in [4.78, 5) is 21.1. The van der Waals surface area contributed by atoms with Gasteiger partial charge in [-0.1, -0.05) is 32.9 Å². The van der Waals surface area contributed by atoms with E-state index in [0.717, 1.165) is 18.1 Å². The molecule has 5 heteroatoms. The van der Waals surface area contributed by atoms with Crippen LogP contribution in [0.25, 0.3) is 0 Å². The van der Waals surface area contributed by atoms with E-state index < -0.39 is 5.41 Å². The largest absolute Gasteiger partial charge is 0.396 e. The predicted octanol–water partition coefficient (Wildman–Crippen LogP) is 1.79. The SMILES string of the molecule is CC(C)c1ccc(C=O)cc1C=O.CCC(CO)(CO)CO. The van der Waals surface area contributed by atoms with Crippen LogP contribution in [0.1, 0.15) is 59.4 Å². The molecule has 0 unspecified atom stereocenters. The van der Waals surface area contributed by atoms with Crippen molar-refractivity contribution in [1.29, 1.82) is 0 Å². The molecule has 0 saturated carbocycles. The number of hydrogen-bond donors (Lipinski definition) is 3. The van der Waals surface area contributed by atoms with E-state index in [1.54, 1.807) is 12.1 Å². The van der Waals surface area contributed by atoms with Crippen LogP contribution in [0, 0.1) is 5.41 Å². The van der Waals surface area contributed by atoms with Crippen LogP contribution >= 0.6 is 0 Å².